The van der Waals surface area contributed by atoms with Gasteiger partial charge in [0.1, 0.15) is 12.4 Å². The summed E-state index contributed by atoms with van der Waals surface area (Å²) in [6.07, 6.45) is 0.886. The van der Waals surface area contributed by atoms with Crippen LogP contribution in [0.2, 0.25) is 0 Å². The number of nitrogens with zero attached hydrogens (tertiary/aromatic N) is 4. The number of fused-ring (bicyclic) bond motifs is 1. The summed E-state index contributed by atoms with van der Waals surface area (Å²) >= 11 is 0. The molecule has 4 atom stereocenters. The summed E-state index contributed by atoms with van der Waals surface area (Å²) in [6.45, 7) is 0. The molecule has 10 heteroatoms. The lowest BCUT2D eigenvalue weighted by atomic mass is 10.2. The Labute approximate surface area is 157 Å². The zero-order chi connectivity index (χ0) is 19.0. The Morgan fingerprint density at radius 3 is 2.74 bits per heavy atom. The molecule has 1 aliphatic heterocycles. The number of hydrogen-bond acceptors (Lipinski definition) is 7. The van der Waals surface area contributed by atoms with Crippen LogP contribution in [0.5, 0.6) is 0 Å². The summed E-state index contributed by atoms with van der Waals surface area (Å²) in [4.78, 5) is 25.0. The molecule has 0 radical (unpaired) electrons. The standard InChI is InChI=1S/C17H19N5O4S/c23-9-27-6-11(24)13(25)17(27)22-8-20-12-14(18-7-19-15(12)22)21-16(26)10-4-2-1-3-5-10/h1-5,7-8,11,13,17,23-25,27H,6,9H2,(H,18,19,21,26)/t11-,13-,17-/m1/s1. The van der Waals surface area contributed by atoms with Crippen LogP contribution in [0.25, 0.3) is 11.2 Å². The molecule has 1 aliphatic rings. The van der Waals surface area contributed by atoms with E-state index in [0.717, 1.165) is 0 Å². The highest BCUT2D eigenvalue weighted by Gasteiger charge is 2.41. The first-order chi connectivity index (χ1) is 13.1. The fourth-order valence-electron chi connectivity index (χ4n) is 3.26. The van der Waals surface area contributed by atoms with Crippen molar-refractivity contribution in [2.24, 2.45) is 0 Å². The molecule has 1 fully saturated rings. The molecule has 0 bridgehead atoms. The second-order valence-electron chi connectivity index (χ2n) is 6.25. The largest absolute Gasteiger partial charge is 0.390 e. The summed E-state index contributed by atoms with van der Waals surface area (Å²) in [5, 5.41) is 32.2. The number of anilines is 1. The van der Waals surface area contributed by atoms with Gasteiger partial charge < -0.3 is 25.2 Å². The highest BCUT2D eigenvalue weighted by molar-refractivity contribution is 8.17. The lowest BCUT2D eigenvalue weighted by molar-refractivity contribution is 0.0313. The maximum atomic E-state index is 12.4. The maximum Gasteiger partial charge on any atom is 0.256 e. The van der Waals surface area contributed by atoms with E-state index in [1.54, 1.807) is 28.8 Å². The number of thiol groups is 1. The predicted molar refractivity (Wildman–Crippen MR) is 102 cm³/mol. The van der Waals surface area contributed by atoms with Crippen LogP contribution in [0.3, 0.4) is 0 Å². The molecule has 2 aromatic heterocycles. The predicted octanol–water partition coefficient (Wildman–Crippen LogP) is 0.264. The van der Waals surface area contributed by atoms with Crippen molar-refractivity contribution in [2.45, 2.75) is 17.6 Å². The zero-order valence-corrected chi connectivity index (χ0v) is 15.1. The minimum atomic E-state index is -1.04. The van der Waals surface area contributed by atoms with Crippen LogP contribution < -0.4 is 5.32 Å². The van der Waals surface area contributed by atoms with Crippen molar-refractivity contribution < 1.29 is 20.1 Å². The van der Waals surface area contributed by atoms with Gasteiger partial charge in [0.05, 0.1) is 23.7 Å². The second-order valence-corrected chi connectivity index (χ2v) is 8.61. The third-order valence-corrected chi connectivity index (χ3v) is 7.10. The topological polar surface area (TPSA) is 133 Å². The molecule has 0 aliphatic carbocycles. The molecule has 4 N–H and O–H groups in total. The fraction of sp³-hybridized carbons (Fsp3) is 0.294. The first kappa shape index (κ1) is 17.9. The van der Waals surface area contributed by atoms with E-state index in [1.165, 1.54) is 12.7 Å². The highest BCUT2D eigenvalue weighted by Crippen LogP contribution is 2.49. The first-order valence-electron chi connectivity index (χ1n) is 8.35. The van der Waals surface area contributed by atoms with Crippen LogP contribution in [0, 0.1) is 0 Å². The third-order valence-electron chi connectivity index (χ3n) is 4.59. The summed E-state index contributed by atoms with van der Waals surface area (Å²) in [5.41, 5.74) is 1.29. The third kappa shape index (κ3) is 3.16. The van der Waals surface area contributed by atoms with Crippen molar-refractivity contribution in [1.82, 2.24) is 19.5 Å². The minimum Gasteiger partial charge on any atom is -0.390 e. The number of amides is 1. The van der Waals surface area contributed by atoms with E-state index in [-0.39, 0.29) is 17.7 Å². The zero-order valence-electron chi connectivity index (χ0n) is 14.2. The van der Waals surface area contributed by atoms with Crippen molar-refractivity contribution in [2.75, 3.05) is 17.0 Å². The number of aliphatic hydroxyl groups is 3. The molecule has 27 heavy (non-hydrogen) atoms. The molecular formula is C17H19N5O4S. The van der Waals surface area contributed by atoms with Gasteiger partial charge in [0.15, 0.2) is 17.0 Å². The molecular weight excluding hydrogens is 370 g/mol. The average molecular weight is 389 g/mol. The van der Waals surface area contributed by atoms with Gasteiger partial charge in [-0.15, -0.1) is 0 Å². The van der Waals surface area contributed by atoms with E-state index in [2.05, 4.69) is 20.3 Å². The summed E-state index contributed by atoms with van der Waals surface area (Å²) < 4.78 is 1.65. The lowest BCUT2D eigenvalue weighted by Crippen LogP contribution is -2.27. The Bertz CT molecular complexity index is 966. The van der Waals surface area contributed by atoms with E-state index in [4.69, 9.17) is 0 Å². The van der Waals surface area contributed by atoms with Gasteiger partial charge in [0.2, 0.25) is 0 Å². The van der Waals surface area contributed by atoms with Crippen LogP contribution >= 0.6 is 10.9 Å². The van der Waals surface area contributed by atoms with Crippen molar-refractivity contribution in [3.63, 3.8) is 0 Å². The molecule has 1 aromatic carbocycles. The number of carbonyl (C=O) groups is 1. The minimum absolute atomic E-state index is 0.115. The Morgan fingerprint density at radius 1 is 1.22 bits per heavy atom. The Hall–Kier alpha value is -2.53. The van der Waals surface area contributed by atoms with E-state index in [1.807, 2.05) is 6.07 Å². The molecule has 3 aromatic rings. The van der Waals surface area contributed by atoms with Gasteiger partial charge in [-0.3, -0.25) is 4.79 Å². The number of aromatic nitrogens is 4. The molecule has 1 amide bonds. The van der Waals surface area contributed by atoms with E-state index in [9.17, 15) is 20.1 Å². The summed E-state index contributed by atoms with van der Waals surface area (Å²) in [6, 6.07) is 8.74. The Kier molecular flexibility index (Phi) is 4.79. The summed E-state index contributed by atoms with van der Waals surface area (Å²) in [7, 11) is -1.04. The van der Waals surface area contributed by atoms with Crippen molar-refractivity contribution in [1.29, 1.82) is 0 Å². The van der Waals surface area contributed by atoms with Gasteiger partial charge in [0, 0.05) is 11.3 Å². The number of benzene rings is 1. The van der Waals surface area contributed by atoms with E-state index in [0.29, 0.717) is 22.5 Å². The van der Waals surface area contributed by atoms with E-state index < -0.39 is 28.5 Å². The van der Waals surface area contributed by atoms with Crippen molar-refractivity contribution in [3.05, 3.63) is 48.5 Å². The smallest absolute Gasteiger partial charge is 0.256 e. The molecule has 142 valence electrons. The Morgan fingerprint density at radius 2 is 2.00 bits per heavy atom. The van der Waals surface area contributed by atoms with Crippen molar-refractivity contribution >= 4 is 33.8 Å². The molecule has 4 rings (SSSR count). The first-order valence-corrected chi connectivity index (χ1v) is 10.1. The normalized spacial score (nSPS) is 26.3. The van der Waals surface area contributed by atoms with Gasteiger partial charge >= 0.3 is 0 Å². The van der Waals surface area contributed by atoms with Gasteiger partial charge in [-0.1, -0.05) is 18.2 Å². The monoisotopic (exact) mass is 389 g/mol. The molecule has 1 unspecified atom stereocenters. The van der Waals surface area contributed by atoms with Crippen LogP contribution in [0.1, 0.15) is 15.7 Å². The van der Waals surface area contributed by atoms with E-state index >= 15 is 0 Å². The molecule has 1 saturated heterocycles. The number of imidazole rings is 1. The lowest BCUT2D eigenvalue weighted by Gasteiger charge is -2.25. The number of rotatable bonds is 4. The Balaban J connectivity index is 1.69. The van der Waals surface area contributed by atoms with Crippen LogP contribution in [0.15, 0.2) is 43.0 Å². The second kappa shape index (κ2) is 7.24. The quantitative estimate of drug-likeness (QED) is 0.404. The molecule has 0 spiro atoms. The van der Waals surface area contributed by atoms with Crippen LogP contribution in [-0.2, 0) is 0 Å². The average Bonchev–Trinajstić information content (AvgIpc) is 3.24. The SMILES string of the molecule is O=C(Nc1ncnc2c1ncn2[C@H]1[C@H](O)[C@H](O)C[SH]1CO)c1ccccc1. The molecule has 3 heterocycles. The van der Waals surface area contributed by atoms with Gasteiger partial charge in [-0.2, -0.15) is 0 Å². The van der Waals surface area contributed by atoms with Crippen LogP contribution in [-0.4, -0.2) is 64.6 Å². The fourth-order valence-corrected chi connectivity index (χ4v) is 5.61. The number of aliphatic hydroxyl groups excluding tert-OH is 3. The van der Waals surface area contributed by atoms with Crippen LogP contribution in [0.4, 0.5) is 5.82 Å². The number of carbonyl (C=O) groups excluding carboxylic acids is 1. The van der Waals surface area contributed by atoms with Gasteiger partial charge in [-0.05, 0) is 12.1 Å². The number of hydrogen-bond donors (Lipinski definition) is 5. The number of nitrogens with one attached hydrogen (secondary N) is 1. The summed E-state index contributed by atoms with van der Waals surface area (Å²) in [5.74, 6) is 0.171. The highest BCUT2D eigenvalue weighted by atomic mass is 32.2. The molecule has 9 nitrogen and oxygen atoms in total. The maximum absolute atomic E-state index is 12.4. The van der Waals surface area contributed by atoms with Crippen molar-refractivity contribution in [3.8, 4) is 0 Å². The molecule has 0 saturated carbocycles. The van der Waals surface area contributed by atoms with Gasteiger partial charge in [0.25, 0.3) is 5.91 Å². The van der Waals surface area contributed by atoms with Gasteiger partial charge in [-0.25, -0.2) is 25.8 Å².